The van der Waals surface area contributed by atoms with Crippen LogP contribution < -0.4 is 10.1 Å². The summed E-state index contributed by atoms with van der Waals surface area (Å²) < 4.78 is 21.3. The van der Waals surface area contributed by atoms with Gasteiger partial charge in [-0.2, -0.15) is 0 Å². The Kier molecular flexibility index (Phi) is 9.77. The number of piperazine rings is 1. The van der Waals surface area contributed by atoms with Gasteiger partial charge < -0.3 is 14.6 Å². The fraction of sp³-hybridized carbons (Fsp3) is 0.400. The van der Waals surface area contributed by atoms with Gasteiger partial charge in [-0.05, 0) is 73.2 Å². The average molecular weight is 638 g/mol. The Bertz CT molecular complexity index is 1590. The molecule has 1 aromatic heterocycles. The summed E-state index contributed by atoms with van der Waals surface area (Å²) in [6.07, 6.45) is 6.42. The van der Waals surface area contributed by atoms with Crippen molar-refractivity contribution < 1.29 is 13.9 Å². The standard InChI is InChI=1S/C35H39Cl2FN4O2/c1-2-25-5-3-6-30-31(35(43)39-20-24-7-14-32(36)33(37)19-24)23-41(34(25)30)15-4-16-42-27-10-11-28(42)22-40(21-27)17-18-44-29-12-8-26(38)9-13-29/h3,5-9,12-14,19,23,27-28H,2,4,10-11,15-18,20-22H2,1H3,(H,39,43). The summed E-state index contributed by atoms with van der Waals surface area (Å²) in [7, 11) is 0. The number of rotatable bonds is 12. The van der Waals surface area contributed by atoms with E-state index in [0.717, 1.165) is 62.0 Å². The fourth-order valence-corrected chi connectivity index (χ4v) is 7.20. The molecule has 0 spiro atoms. The largest absolute Gasteiger partial charge is 0.492 e. The molecule has 0 aliphatic carbocycles. The number of hydrogen-bond donors (Lipinski definition) is 1. The van der Waals surface area contributed by atoms with Crippen molar-refractivity contribution in [2.75, 3.05) is 32.8 Å². The Hall–Kier alpha value is -3.10. The van der Waals surface area contributed by atoms with E-state index in [1.165, 1.54) is 30.5 Å². The minimum atomic E-state index is -0.247. The number of nitrogens with zero attached hydrogens (tertiary/aromatic N) is 3. The topological polar surface area (TPSA) is 49.7 Å². The van der Waals surface area contributed by atoms with E-state index >= 15 is 0 Å². The number of nitrogens with one attached hydrogen (secondary N) is 1. The van der Waals surface area contributed by atoms with Crippen LogP contribution in [0.4, 0.5) is 4.39 Å². The van der Waals surface area contributed by atoms with Gasteiger partial charge in [0.05, 0.1) is 21.1 Å². The number of carbonyl (C=O) groups is 1. The van der Waals surface area contributed by atoms with E-state index in [0.29, 0.717) is 46.6 Å². The Morgan fingerprint density at radius 2 is 1.75 bits per heavy atom. The number of likely N-dealkylation sites (tertiary alicyclic amines) is 1. The van der Waals surface area contributed by atoms with Gasteiger partial charge in [0.25, 0.3) is 5.91 Å². The van der Waals surface area contributed by atoms with Crippen LogP contribution in [0.1, 0.15) is 47.7 Å². The highest BCUT2D eigenvalue weighted by Gasteiger charge is 2.39. The summed E-state index contributed by atoms with van der Waals surface area (Å²) in [5.41, 5.74) is 4.01. The fourth-order valence-electron chi connectivity index (χ4n) is 6.88. The van der Waals surface area contributed by atoms with E-state index in [2.05, 4.69) is 38.7 Å². The van der Waals surface area contributed by atoms with Crippen LogP contribution in [0.25, 0.3) is 10.9 Å². The van der Waals surface area contributed by atoms with Crippen LogP contribution in [-0.2, 0) is 19.5 Å². The minimum absolute atomic E-state index is 0.0920. The molecule has 6 nitrogen and oxygen atoms in total. The molecule has 0 saturated carbocycles. The second-order valence-electron chi connectivity index (χ2n) is 11.9. The number of aryl methyl sites for hydroxylation is 2. The molecule has 44 heavy (non-hydrogen) atoms. The van der Waals surface area contributed by atoms with Crippen molar-refractivity contribution in [1.29, 1.82) is 0 Å². The van der Waals surface area contributed by atoms with E-state index in [1.807, 2.05) is 18.3 Å². The smallest absolute Gasteiger partial charge is 0.253 e. The molecule has 2 aliphatic rings. The number of amides is 1. The number of aromatic nitrogens is 1. The first-order chi connectivity index (χ1) is 21.4. The molecule has 6 rings (SSSR count). The van der Waals surface area contributed by atoms with Crippen molar-refractivity contribution in [3.05, 3.63) is 99.4 Å². The summed E-state index contributed by atoms with van der Waals surface area (Å²) >= 11 is 12.2. The quantitative estimate of drug-likeness (QED) is 0.179. The molecule has 232 valence electrons. The normalized spacial score (nSPS) is 18.6. The van der Waals surface area contributed by atoms with Crippen LogP contribution in [0.15, 0.2) is 66.9 Å². The van der Waals surface area contributed by atoms with Gasteiger partial charge in [0, 0.05) is 62.9 Å². The van der Waals surface area contributed by atoms with Gasteiger partial charge in [-0.1, -0.05) is 54.4 Å². The molecule has 2 aliphatic heterocycles. The second-order valence-corrected chi connectivity index (χ2v) is 12.7. The molecule has 1 amide bonds. The van der Waals surface area contributed by atoms with E-state index in [4.69, 9.17) is 27.9 Å². The van der Waals surface area contributed by atoms with Crippen molar-refractivity contribution in [3.63, 3.8) is 0 Å². The van der Waals surface area contributed by atoms with Crippen LogP contribution in [0.3, 0.4) is 0 Å². The van der Waals surface area contributed by atoms with Crippen molar-refractivity contribution in [3.8, 4) is 5.75 Å². The van der Waals surface area contributed by atoms with Gasteiger partial charge in [0.2, 0.25) is 0 Å². The highest BCUT2D eigenvalue weighted by molar-refractivity contribution is 6.42. The number of halogens is 3. The summed E-state index contributed by atoms with van der Waals surface area (Å²) in [5, 5.41) is 5.04. The molecule has 2 atom stereocenters. The minimum Gasteiger partial charge on any atom is -0.492 e. The highest BCUT2D eigenvalue weighted by atomic mass is 35.5. The number of para-hydroxylation sites is 1. The predicted octanol–water partition coefficient (Wildman–Crippen LogP) is 7.20. The molecule has 9 heteroatoms. The third kappa shape index (κ3) is 6.91. The predicted molar refractivity (Wildman–Crippen MR) is 175 cm³/mol. The zero-order valence-electron chi connectivity index (χ0n) is 25.1. The number of hydrogen-bond acceptors (Lipinski definition) is 4. The zero-order chi connectivity index (χ0) is 30.6. The molecular weight excluding hydrogens is 598 g/mol. The third-order valence-corrected chi connectivity index (χ3v) is 9.80. The maximum Gasteiger partial charge on any atom is 0.253 e. The van der Waals surface area contributed by atoms with Crippen LogP contribution in [0.2, 0.25) is 10.0 Å². The first kappa shape index (κ1) is 30.9. The Balaban J connectivity index is 1.06. The maximum absolute atomic E-state index is 13.4. The maximum atomic E-state index is 13.4. The van der Waals surface area contributed by atoms with E-state index in [9.17, 15) is 9.18 Å². The lowest BCUT2D eigenvalue weighted by atomic mass is 10.1. The molecule has 2 fully saturated rings. The van der Waals surface area contributed by atoms with Crippen molar-refractivity contribution >= 4 is 40.0 Å². The van der Waals surface area contributed by atoms with Crippen molar-refractivity contribution in [2.24, 2.45) is 0 Å². The molecule has 1 N–H and O–H groups in total. The molecule has 0 radical (unpaired) electrons. The molecule has 3 aromatic carbocycles. The SMILES string of the molecule is CCc1cccc2c(C(=O)NCc3ccc(Cl)c(Cl)c3)cn(CCCN3C4CCC3CN(CCOc3ccc(F)cc3)C4)c12. The van der Waals surface area contributed by atoms with E-state index in [1.54, 1.807) is 24.3 Å². The van der Waals surface area contributed by atoms with Crippen LogP contribution in [0.5, 0.6) is 5.75 Å². The lowest BCUT2D eigenvalue weighted by molar-refractivity contribution is 0.0574. The van der Waals surface area contributed by atoms with Gasteiger partial charge in [0.15, 0.2) is 0 Å². The molecule has 2 saturated heterocycles. The van der Waals surface area contributed by atoms with Gasteiger partial charge in [0.1, 0.15) is 18.2 Å². The summed E-state index contributed by atoms with van der Waals surface area (Å²) in [6.45, 7) is 8.04. The summed E-state index contributed by atoms with van der Waals surface area (Å²) in [4.78, 5) is 18.6. The van der Waals surface area contributed by atoms with Crippen LogP contribution in [0, 0.1) is 5.82 Å². The average Bonchev–Trinajstić information content (AvgIpc) is 3.51. The molecule has 4 aromatic rings. The first-order valence-corrected chi connectivity index (χ1v) is 16.3. The van der Waals surface area contributed by atoms with Crippen molar-refractivity contribution in [2.45, 2.75) is 57.8 Å². The van der Waals surface area contributed by atoms with Gasteiger partial charge >= 0.3 is 0 Å². The third-order valence-electron chi connectivity index (χ3n) is 9.06. The Morgan fingerprint density at radius 3 is 2.48 bits per heavy atom. The van der Waals surface area contributed by atoms with Gasteiger partial charge in [-0.3, -0.25) is 14.6 Å². The molecule has 2 unspecified atom stereocenters. The van der Waals surface area contributed by atoms with E-state index in [-0.39, 0.29) is 11.7 Å². The monoisotopic (exact) mass is 636 g/mol. The van der Waals surface area contributed by atoms with Crippen LogP contribution >= 0.6 is 23.2 Å². The number of fused-ring (bicyclic) bond motifs is 3. The second kappa shape index (κ2) is 13.9. The number of benzene rings is 3. The van der Waals surface area contributed by atoms with Gasteiger partial charge in [-0.15, -0.1) is 0 Å². The number of carbonyl (C=O) groups excluding carboxylic acids is 1. The lowest BCUT2D eigenvalue weighted by Crippen LogP contribution is -2.54. The van der Waals surface area contributed by atoms with Crippen LogP contribution in [-0.4, -0.2) is 65.1 Å². The number of ether oxygens (including phenoxy) is 1. The lowest BCUT2D eigenvalue weighted by Gasteiger charge is -2.41. The first-order valence-electron chi connectivity index (χ1n) is 15.6. The Morgan fingerprint density at radius 1 is 0.977 bits per heavy atom. The summed E-state index contributed by atoms with van der Waals surface area (Å²) in [6, 6.07) is 19.0. The van der Waals surface area contributed by atoms with E-state index < -0.39 is 0 Å². The molecule has 2 bridgehead atoms. The summed E-state index contributed by atoms with van der Waals surface area (Å²) in [5.74, 6) is 0.373. The zero-order valence-corrected chi connectivity index (χ0v) is 26.6. The Labute approximate surface area is 268 Å². The highest BCUT2D eigenvalue weighted by Crippen LogP contribution is 2.31. The molecule has 3 heterocycles. The molecular formula is C35H39Cl2FN4O2. The van der Waals surface area contributed by atoms with Crippen molar-refractivity contribution in [1.82, 2.24) is 19.7 Å². The van der Waals surface area contributed by atoms with Gasteiger partial charge in [-0.25, -0.2) is 4.39 Å².